The molecule has 5 N–H and O–H groups in total. The lowest BCUT2D eigenvalue weighted by Crippen LogP contribution is -2.19. The van der Waals surface area contributed by atoms with E-state index >= 15 is 0 Å². The molecule has 2 amide bonds. The standard InChI is InChI=1S/C21H18N6O3/c1-30-15-7-5-13(6-8-15)26-21(29)27-14-4-2-3-12(9-14)18(28)16-10-23-20-17(16)19(22)24-11-25-20/h2-11H,1H3,(H2,26,27,29)(H3,22,23,24,25). The van der Waals surface area contributed by atoms with Crippen molar-refractivity contribution in [1.82, 2.24) is 15.0 Å². The summed E-state index contributed by atoms with van der Waals surface area (Å²) in [5, 5.41) is 5.91. The number of carbonyl (C=O) groups is 2. The number of amides is 2. The molecule has 2 aromatic carbocycles. The number of nitrogens with one attached hydrogen (secondary N) is 3. The predicted molar refractivity (Wildman–Crippen MR) is 114 cm³/mol. The lowest BCUT2D eigenvalue weighted by Gasteiger charge is -2.09. The van der Waals surface area contributed by atoms with Crippen molar-refractivity contribution in [2.75, 3.05) is 23.5 Å². The zero-order valence-electron chi connectivity index (χ0n) is 16.0. The van der Waals surface area contributed by atoms with Crippen LogP contribution in [0, 0.1) is 0 Å². The smallest absolute Gasteiger partial charge is 0.323 e. The largest absolute Gasteiger partial charge is 0.497 e. The van der Waals surface area contributed by atoms with Gasteiger partial charge in [0, 0.05) is 23.1 Å². The minimum atomic E-state index is -0.436. The van der Waals surface area contributed by atoms with Gasteiger partial charge in [0.1, 0.15) is 23.5 Å². The third-order valence-electron chi connectivity index (χ3n) is 4.47. The van der Waals surface area contributed by atoms with Gasteiger partial charge >= 0.3 is 6.03 Å². The summed E-state index contributed by atoms with van der Waals surface area (Å²) in [6.07, 6.45) is 2.88. The number of ether oxygens (including phenoxy) is 1. The number of H-pyrrole nitrogens is 1. The summed E-state index contributed by atoms with van der Waals surface area (Å²) in [7, 11) is 1.57. The summed E-state index contributed by atoms with van der Waals surface area (Å²) >= 11 is 0. The minimum Gasteiger partial charge on any atom is -0.497 e. The van der Waals surface area contributed by atoms with Gasteiger partial charge in [-0.05, 0) is 36.4 Å². The summed E-state index contributed by atoms with van der Waals surface area (Å²) in [4.78, 5) is 36.2. The predicted octanol–water partition coefficient (Wildman–Crippen LogP) is 3.42. The Hall–Kier alpha value is -4.40. The van der Waals surface area contributed by atoms with Gasteiger partial charge in [0.25, 0.3) is 0 Å². The van der Waals surface area contributed by atoms with Crippen molar-refractivity contribution in [3.63, 3.8) is 0 Å². The van der Waals surface area contributed by atoms with E-state index in [0.29, 0.717) is 39.3 Å². The van der Waals surface area contributed by atoms with Crippen molar-refractivity contribution in [1.29, 1.82) is 0 Å². The number of fused-ring (bicyclic) bond motifs is 1. The molecule has 0 atom stereocenters. The Morgan fingerprint density at radius 1 is 1.03 bits per heavy atom. The van der Waals surface area contributed by atoms with Crippen LogP contribution in [0.15, 0.2) is 61.1 Å². The first-order chi connectivity index (χ1) is 14.5. The van der Waals surface area contributed by atoms with Crippen LogP contribution in [0.25, 0.3) is 11.0 Å². The molecule has 150 valence electrons. The fourth-order valence-corrected chi connectivity index (χ4v) is 3.03. The average Bonchev–Trinajstić information content (AvgIpc) is 3.19. The number of benzene rings is 2. The third-order valence-corrected chi connectivity index (χ3v) is 4.47. The SMILES string of the molecule is COc1ccc(NC(=O)Nc2cccc(C(=O)c3c[nH]c4ncnc(N)c34)c2)cc1. The van der Waals surface area contributed by atoms with Crippen LogP contribution >= 0.6 is 0 Å². The number of rotatable bonds is 5. The quantitative estimate of drug-likeness (QED) is 0.378. The maximum Gasteiger partial charge on any atom is 0.323 e. The number of hydrogen-bond donors (Lipinski definition) is 4. The molecule has 30 heavy (non-hydrogen) atoms. The molecule has 2 heterocycles. The lowest BCUT2D eigenvalue weighted by molar-refractivity contribution is 0.104. The van der Waals surface area contributed by atoms with Gasteiger partial charge in [0.05, 0.1) is 18.1 Å². The number of aromatic amines is 1. The monoisotopic (exact) mass is 402 g/mol. The molecule has 0 saturated heterocycles. The Morgan fingerprint density at radius 2 is 1.80 bits per heavy atom. The number of carbonyl (C=O) groups excluding carboxylic acids is 2. The number of anilines is 3. The number of nitrogen functional groups attached to an aromatic ring is 1. The van der Waals surface area contributed by atoms with E-state index in [4.69, 9.17) is 10.5 Å². The van der Waals surface area contributed by atoms with Crippen LogP contribution in [0.2, 0.25) is 0 Å². The van der Waals surface area contributed by atoms with Gasteiger partial charge in [-0.2, -0.15) is 0 Å². The zero-order valence-corrected chi connectivity index (χ0v) is 16.0. The fourth-order valence-electron chi connectivity index (χ4n) is 3.03. The second kappa shape index (κ2) is 7.92. The summed E-state index contributed by atoms with van der Waals surface area (Å²) < 4.78 is 5.09. The Morgan fingerprint density at radius 3 is 2.57 bits per heavy atom. The van der Waals surface area contributed by atoms with E-state index in [2.05, 4.69) is 25.6 Å². The Bertz CT molecular complexity index is 1230. The summed E-state index contributed by atoms with van der Waals surface area (Å²) in [6, 6.07) is 13.1. The van der Waals surface area contributed by atoms with Crippen molar-refractivity contribution < 1.29 is 14.3 Å². The molecule has 0 unspecified atom stereocenters. The van der Waals surface area contributed by atoms with Gasteiger partial charge in [0.2, 0.25) is 0 Å². The summed E-state index contributed by atoms with van der Waals surface area (Å²) in [5.41, 5.74) is 8.22. The normalized spacial score (nSPS) is 10.6. The molecule has 0 spiro atoms. The van der Waals surface area contributed by atoms with E-state index in [9.17, 15) is 9.59 Å². The number of nitrogens with two attached hydrogens (primary N) is 1. The van der Waals surface area contributed by atoms with Crippen LogP contribution in [0.1, 0.15) is 15.9 Å². The first kappa shape index (κ1) is 18.9. The molecule has 0 saturated carbocycles. The van der Waals surface area contributed by atoms with Crippen molar-refractivity contribution in [2.45, 2.75) is 0 Å². The maximum atomic E-state index is 13.0. The molecule has 4 rings (SSSR count). The second-order valence-corrected chi connectivity index (χ2v) is 6.40. The van der Waals surface area contributed by atoms with Crippen LogP contribution in [-0.2, 0) is 0 Å². The number of methoxy groups -OCH3 is 1. The van der Waals surface area contributed by atoms with Crippen molar-refractivity contribution in [3.05, 3.63) is 72.2 Å². The molecule has 9 heteroatoms. The van der Waals surface area contributed by atoms with Gasteiger partial charge < -0.3 is 26.1 Å². The van der Waals surface area contributed by atoms with E-state index in [0.717, 1.165) is 0 Å². The van der Waals surface area contributed by atoms with Crippen LogP contribution < -0.4 is 21.1 Å². The van der Waals surface area contributed by atoms with Gasteiger partial charge in [-0.15, -0.1) is 0 Å². The highest BCUT2D eigenvalue weighted by molar-refractivity contribution is 6.18. The number of hydrogen-bond acceptors (Lipinski definition) is 6. The molecule has 0 bridgehead atoms. The molecular formula is C21H18N6O3. The van der Waals surface area contributed by atoms with E-state index in [1.807, 2.05) is 0 Å². The van der Waals surface area contributed by atoms with Gasteiger partial charge in [0.15, 0.2) is 5.78 Å². The number of urea groups is 1. The van der Waals surface area contributed by atoms with Gasteiger partial charge in [-0.1, -0.05) is 12.1 Å². The number of ketones is 1. The molecule has 0 aliphatic rings. The van der Waals surface area contributed by atoms with Crippen LogP contribution in [0.5, 0.6) is 5.75 Å². The topological polar surface area (TPSA) is 135 Å². The van der Waals surface area contributed by atoms with Crippen molar-refractivity contribution in [3.8, 4) is 5.75 Å². The summed E-state index contributed by atoms with van der Waals surface area (Å²) in [6.45, 7) is 0. The molecule has 0 fully saturated rings. The minimum absolute atomic E-state index is 0.220. The van der Waals surface area contributed by atoms with Crippen LogP contribution in [0.4, 0.5) is 22.0 Å². The number of aromatic nitrogens is 3. The highest BCUT2D eigenvalue weighted by Gasteiger charge is 2.18. The Kier molecular flexibility index (Phi) is 5.00. The molecule has 0 aliphatic carbocycles. The van der Waals surface area contributed by atoms with E-state index in [1.165, 1.54) is 6.33 Å². The molecule has 2 aromatic heterocycles. The maximum absolute atomic E-state index is 13.0. The first-order valence-corrected chi connectivity index (χ1v) is 8.99. The average molecular weight is 402 g/mol. The van der Waals surface area contributed by atoms with Gasteiger partial charge in [-0.25, -0.2) is 14.8 Å². The van der Waals surface area contributed by atoms with Crippen molar-refractivity contribution >= 4 is 40.0 Å². The molecule has 0 radical (unpaired) electrons. The fraction of sp³-hybridized carbons (Fsp3) is 0.0476. The second-order valence-electron chi connectivity index (χ2n) is 6.40. The van der Waals surface area contributed by atoms with E-state index < -0.39 is 6.03 Å². The lowest BCUT2D eigenvalue weighted by atomic mass is 10.0. The molecule has 4 aromatic rings. The highest BCUT2D eigenvalue weighted by atomic mass is 16.5. The van der Waals surface area contributed by atoms with E-state index in [-0.39, 0.29) is 11.6 Å². The first-order valence-electron chi connectivity index (χ1n) is 8.99. The van der Waals surface area contributed by atoms with Crippen LogP contribution in [0.3, 0.4) is 0 Å². The molecule has 9 nitrogen and oxygen atoms in total. The third kappa shape index (κ3) is 3.76. The molecular weight excluding hydrogens is 384 g/mol. The zero-order chi connectivity index (χ0) is 21.1. The van der Waals surface area contributed by atoms with Crippen LogP contribution in [-0.4, -0.2) is 33.9 Å². The Labute approximate surface area is 171 Å². The van der Waals surface area contributed by atoms with E-state index in [1.54, 1.807) is 61.8 Å². The summed E-state index contributed by atoms with van der Waals surface area (Å²) in [5.74, 6) is 0.648. The Balaban J connectivity index is 1.51. The highest BCUT2D eigenvalue weighted by Crippen LogP contribution is 2.24. The molecule has 0 aliphatic heterocycles. The number of nitrogens with zero attached hydrogens (tertiary/aromatic N) is 2. The van der Waals surface area contributed by atoms with Gasteiger partial charge in [-0.3, -0.25) is 4.79 Å². The van der Waals surface area contributed by atoms with Crippen molar-refractivity contribution in [2.24, 2.45) is 0 Å².